The highest BCUT2D eigenvalue weighted by molar-refractivity contribution is 5.59. The van der Waals surface area contributed by atoms with Crippen molar-refractivity contribution in [2.24, 2.45) is 0 Å². The Morgan fingerprint density at radius 3 is 1.95 bits per heavy atom. The number of nitrogens with zero attached hydrogens (tertiary/aromatic N) is 2. The molecule has 2 aromatic rings. The summed E-state index contributed by atoms with van der Waals surface area (Å²) < 4.78 is 0. The van der Waals surface area contributed by atoms with Gasteiger partial charge < -0.3 is 5.32 Å². The summed E-state index contributed by atoms with van der Waals surface area (Å²) in [7, 11) is 0. The van der Waals surface area contributed by atoms with E-state index in [9.17, 15) is 20.2 Å². The van der Waals surface area contributed by atoms with Gasteiger partial charge >= 0.3 is 0 Å². The molecule has 0 heterocycles. The zero-order chi connectivity index (χ0) is 14.5. The molecule has 0 atom stereocenters. The third-order valence-corrected chi connectivity index (χ3v) is 2.66. The minimum Gasteiger partial charge on any atom is -0.381 e. The zero-order valence-electron chi connectivity index (χ0n) is 10.4. The van der Waals surface area contributed by atoms with Gasteiger partial charge in [0.15, 0.2) is 0 Å². The Balaban J connectivity index is 2.22. The lowest BCUT2D eigenvalue weighted by atomic mass is 10.2. The van der Waals surface area contributed by atoms with Crippen molar-refractivity contribution in [3.8, 4) is 0 Å². The largest absolute Gasteiger partial charge is 0.381 e. The normalized spacial score (nSPS) is 10.0. The van der Waals surface area contributed by atoms with Crippen LogP contribution in [0.5, 0.6) is 0 Å². The fourth-order valence-corrected chi connectivity index (χ4v) is 1.71. The quantitative estimate of drug-likeness (QED) is 0.666. The molecule has 102 valence electrons. The van der Waals surface area contributed by atoms with Crippen LogP contribution in [0.15, 0.2) is 48.5 Å². The van der Waals surface area contributed by atoms with Crippen LogP contribution in [0, 0.1) is 20.2 Å². The molecule has 2 aromatic carbocycles. The van der Waals surface area contributed by atoms with Crippen LogP contribution < -0.4 is 5.32 Å². The van der Waals surface area contributed by atoms with Gasteiger partial charge in [-0.15, -0.1) is 0 Å². The van der Waals surface area contributed by atoms with Gasteiger partial charge in [-0.05, 0) is 5.56 Å². The van der Waals surface area contributed by atoms with E-state index in [2.05, 4.69) is 5.32 Å². The summed E-state index contributed by atoms with van der Waals surface area (Å²) in [4.78, 5) is 20.2. The van der Waals surface area contributed by atoms with E-state index in [4.69, 9.17) is 0 Å². The van der Waals surface area contributed by atoms with Crippen LogP contribution in [-0.2, 0) is 6.54 Å². The summed E-state index contributed by atoms with van der Waals surface area (Å²) in [6, 6.07) is 12.9. The molecule has 20 heavy (non-hydrogen) atoms. The number of hydrogen-bond donors (Lipinski definition) is 1. The van der Waals surface area contributed by atoms with E-state index in [0.717, 1.165) is 11.6 Å². The Hall–Kier alpha value is -2.96. The molecule has 0 saturated carbocycles. The Kier molecular flexibility index (Phi) is 3.90. The van der Waals surface area contributed by atoms with Crippen LogP contribution in [0.25, 0.3) is 0 Å². The van der Waals surface area contributed by atoms with Crippen molar-refractivity contribution < 1.29 is 9.85 Å². The van der Waals surface area contributed by atoms with Gasteiger partial charge in [0.25, 0.3) is 11.4 Å². The van der Waals surface area contributed by atoms with Gasteiger partial charge in [0, 0.05) is 24.4 Å². The number of nitro benzene ring substituents is 2. The van der Waals surface area contributed by atoms with Crippen molar-refractivity contribution in [2.45, 2.75) is 6.54 Å². The average molecular weight is 273 g/mol. The van der Waals surface area contributed by atoms with Crippen LogP contribution in [0.4, 0.5) is 17.1 Å². The third-order valence-electron chi connectivity index (χ3n) is 2.66. The standard InChI is InChI=1S/C13H11N3O4/c17-15(18)12-6-11(7-13(8-12)16(19)20)14-9-10-4-2-1-3-5-10/h1-8,14H,9H2. The van der Waals surface area contributed by atoms with Gasteiger partial charge in [-0.2, -0.15) is 0 Å². The maximum absolute atomic E-state index is 10.8. The van der Waals surface area contributed by atoms with Crippen molar-refractivity contribution in [1.29, 1.82) is 0 Å². The predicted molar refractivity (Wildman–Crippen MR) is 73.5 cm³/mol. The molecule has 0 fully saturated rings. The van der Waals surface area contributed by atoms with Crippen LogP contribution >= 0.6 is 0 Å². The molecule has 0 spiro atoms. The van der Waals surface area contributed by atoms with Crippen LogP contribution in [0.2, 0.25) is 0 Å². The SMILES string of the molecule is O=[N+]([O-])c1cc(NCc2ccccc2)cc([N+](=O)[O-])c1. The van der Waals surface area contributed by atoms with E-state index in [1.165, 1.54) is 12.1 Å². The molecule has 0 saturated heterocycles. The maximum atomic E-state index is 10.8. The molecule has 2 rings (SSSR count). The van der Waals surface area contributed by atoms with Crippen molar-refractivity contribution in [2.75, 3.05) is 5.32 Å². The molecular weight excluding hydrogens is 262 g/mol. The minimum absolute atomic E-state index is 0.310. The molecule has 7 nitrogen and oxygen atoms in total. The van der Waals surface area contributed by atoms with Crippen molar-refractivity contribution in [3.05, 3.63) is 74.3 Å². The molecule has 0 amide bonds. The smallest absolute Gasteiger partial charge is 0.278 e. The van der Waals surface area contributed by atoms with Crippen molar-refractivity contribution in [1.82, 2.24) is 0 Å². The van der Waals surface area contributed by atoms with E-state index in [-0.39, 0.29) is 11.4 Å². The van der Waals surface area contributed by atoms with Gasteiger partial charge in [0.05, 0.1) is 15.9 Å². The lowest BCUT2D eigenvalue weighted by molar-refractivity contribution is -0.394. The number of rotatable bonds is 5. The van der Waals surface area contributed by atoms with Gasteiger partial charge in [-0.3, -0.25) is 20.2 Å². The molecule has 0 aliphatic heterocycles. The molecule has 0 aliphatic carbocycles. The number of benzene rings is 2. The second kappa shape index (κ2) is 5.79. The number of anilines is 1. The molecule has 0 aliphatic rings. The van der Waals surface area contributed by atoms with Gasteiger partial charge in [0.1, 0.15) is 0 Å². The van der Waals surface area contributed by atoms with E-state index in [1.807, 2.05) is 30.3 Å². The van der Waals surface area contributed by atoms with E-state index in [0.29, 0.717) is 12.2 Å². The Labute approximate surface area is 114 Å². The fraction of sp³-hybridized carbons (Fsp3) is 0.0769. The maximum Gasteiger partial charge on any atom is 0.278 e. The first-order valence-electron chi connectivity index (χ1n) is 5.78. The van der Waals surface area contributed by atoms with Gasteiger partial charge in [-0.1, -0.05) is 30.3 Å². The lowest BCUT2D eigenvalue weighted by Crippen LogP contribution is -2.01. The first-order valence-corrected chi connectivity index (χ1v) is 5.78. The molecule has 0 bridgehead atoms. The summed E-state index contributed by atoms with van der Waals surface area (Å²) in [5, 5.41) is 24.5. The molecule has 0 radical (unpaired) electrons. The monoisotopic (exact) mass is 273 g/mol. The lowest BCUT2D eigenvalue weighted by Gasteiger charge is -2.06. The summed E-state index contributed by atoms with van der Waals surface area (Å²) >= 11 is 0. The Morgan fingerprint density at radius 1 is 0.900 bits per heavy atom. The van der Waals surface area contributed by atoms with Crippen LogP contribution in [-0.4, -0.2) is 9.85 Å². The topological polar surface area (TPSA) is 98.3 Å². The molecule has 1 N–H and O–H groups in total. The Morgan fingerprint density at radius 2 is 1.45 bits per heavy atom. The Bertz CT molecular complexity index is 611. The minimum atomic E-state index is -0.652. The van der Waals surface area contributed by atoms with E-state index >= 15 is 0 Å². The van der Waals surface area contributed by atoms with E-state index < -0.39 is 9.85 Å². The van der Waals surface area contributed by atoms with Crippen molar-refractivity contribution in [3.63, 3.8) is 0 Å². The summed E-state index contributed by atoms with van der Waals surface area (Å²) in [6.07, 6.45) is 0. The highest BCUT2D eigenvalue weighted by atomic mass is 16.6. The van der Waals surface area contributed by atoms with Gasteiger partial charge in [-0.25, -0.2) is 0 Å². The average Bonchev–Trinajstić information content (AvgIpc) is 2.45. The fourth-order valence-electron chi connectivity index (χ4n) is 1.71. The first-order chi connectivity index (χ1) is 9.56. The second-order valence-corrected chi connectivity index (χ2v) is 4.09. The summed E-state index contributed by atoms with van der Waals surface area (Å²) in [5.41, 5.74) is 0.695. The highest BCUT2D eigenvalue weighted by Crippen LogP contribution is 2.26. The summed E-state index contributed by atoms with van der Waals surface area (Å²) in [6.45, 7) is 0.430. The number of nitro groups is 2. The molecular formula is C13H11N3O4. The van der Waals surface area contributed by atoms with Crippen molar-refractivity contribution >= 4 is 17.1 Å². The molecule has 7 heteroatoms. The molecule has 0 aromatic heterocycles. The zero-order valence-corrected chi connectivity index (χ0v) is 10.4. The molecule has 0 unspecified atom stereocenters. The summed E-state index contributed by atoms with van der Waals surface area (Å²) in [5.74, 6) is 0. The highest BCUT2D eigenvalue weighted by Gasteiger charge is 2.16. The van der Waals surface area contributed by atoms with Gasteiger partial charge in [0.2, 0.25) is 0 Å². The third kappa shape index (κ3) is 3.29. The van der Waals surface area contributed by atoms with E-state index in [1.54, 1.807) is 0 Å². The van der Waals surface area contributed by atoms with Crippen LogP contribution in [0.1, 0.15) is 5.56 Å². The number of non-ortho nitro benzene ring substituents is 2. The second-order valence-electron chi connectivity index (χ2n) is 4.09. The first kappa shape index (κ1) is 13.5. The predicted octanol–water partition coefficient (Wildman–Crippen LogP) is 3.12. The number of nitrogens with one attached hydrogen (secondary N) is 1. The van der Waals surface area contributed by atoms with Crippen LogP contribution in [0.3, 0.4) is 0 Å². The number of hydrogen-bond acceptors (Lipinski definition) is 5.